The Balaban J connectivity index is 0.000000315. The van der Waals surface area contributed by atoms with E-state index in [0.29, 0.717) is 11.5 Å². The molecule has 2 rings (SSSR count). The van der Waals surface area contributed by atoms with E-state index in [9.17, 15) is 14.7 Å². The van der Waals surface area contributed by atoms with Crippen LogP contribution in [0.5, 0.6) is 0 Å². The number of esters is 1. The lowest BCUT2D eigenvalue weighted by atomic mass is 9.65. The van der Waals surface area contributed by atoms with Crippen LogP contribution in [0.25, 0.3) is 0 Å². The van der Waals surface area contributed by atoms with Crippen LogP contribution in [0.2, 0.25) is 0 Å². The van der Waals surface area contributed by atoms with E-state index in [1.54, 1.807) is 0 Å². The van der Waals surface area contributed by atoms with Crippen molar-refractivity contribution in [3.05, 3.63) is 24.8 Å². The lowest BCUT2D eigenvalue weighted by Gasteiger charge is -2.40. The fraction of sp³-hybridized carbons (Fsp3) is 0.647. The summed E-state index contributed by atoms with van der Waals surface area (Å²) in [6.07, 6.45) is 4.46. The van der Waals surface area contributed by atoms with Crippen LogP contribution in [0.15, 0.2) is 24.8 Å². The smallest absolute Gasteiger partial charge is 0.329 e. The van der Waals surface area contributed by atoms with Gasteiger partial charge in [0.15, 0.2) is 0 Å². The van der Waals surface area contributed by atoms with Crippen molar-refractivity contribution in [2.75, 3.05) is 7.11 Å². The van der Waals surface area contributed by atoms with Crippen LogP contribution in [0.4, 0.5) is 0 Å². The summed E-state index contributed by atoms with van der Waals surface area (Å²) in [5.41, 5.74) is 0.665. The Hall–Kier alpha value is -1.58. The van der Waals surface area contributed by atoms with Crippen LogP contribution in [0.1, 0.15) is 40.0 Å². The topological polar surface area (TPSA) is 66.4 Å². The standard InChI is InChI=1S/C13H20O2.C4H6O2/c1-8(11(14)15)10-7-9-5-6-13(10,4)12(9,2)3;1-3-4(5)6-2/h9-10H,1,5-7H2,2-4H3,(H,14,15);3H,1H2,2H3/p-1/t9-,10?,13-;/m1./s1. The first kappa shape index (κ1) is 17.5. The fourth-order valence-electron chi connectivity index (χ4n) is 3.96. The van der Waals surface area contributed by atoms with Crippen LogP contribution in [-0.4, -0.2) is 19.0 Å². The third-order valence-electron chi connectivity index (χ3n) is 5.84. The number of carboxylic acid groups (broad SMARTS) is 1. The first-order valence-electron chi connectivity index (χ1n) is 7.22. The van der Waals surface area contributed by atoms with E-state index < -0.39 is 11.9 Å². The number of carbonyl (C=O) groups excluding carboxylic acids is 2. The molecule has 3 atom stereocenters. The van der Waals surface area contributed by atoms with Crippen molar-refractivity contribution in [3.8, 4) is 0 Å². The molecule has 0 aliphatic heterocycles. The van der Waals surface area contributed by atoms with E-state index in [2.05, 4.69) is 38.7 Å². The third kappa shape index (κ3) is 2.89. The quantitative estimate of drug-likeness (QED) is 0.590. The maximum Gasteiger partial charge on any atom is 0.329 e. The van der Waals surface area contributed by atoms with Gasteiger partial charge in [-0.1, -0.05) is 33.9 Å². The Morgan fingerprint density at radius 3 is 2.14 bits per heavy atom. The lowest BCUT2D eigenvalue weighted by molar-refractivity contribution is -0.300. The van der Waals surface area contributed by atoms with E-state index in [4.69, 9.17) is 0 Å². The van der Waals surface area contributed by atoms with Gasteiger partial charge in [0.2, 0.25) is 0 Å². The number of fused-ring (bicyclic) bond motifs is 2. The molecule has 0 N–H and O–H groups in total. The molecule has 0 radical (unpaired) electrons. The van der Waals surface area contributed by atoms with E-state index in [0.717, 1.165) is 18.9 Å². The molecule has 118 valence electrons. The van der Waals surface area contributed by atoms with Gasteiger partial charge < -0.3 is 14.6 Å². The molecule has 4 nitrogen and oxygen atoms in total. The molecule has 0 aromatic rings. The summed E-state index contributed by atoms with van der Waals surface area (Å²) in [4.78, 5) is 20.7. The number of aliphatic carboxylic acids is 1. The number of rotatable bonds is 3. The number of ether oxygens (including phenoxy) is 1. The van der Waals surface area contributed by atoms with E-state index in [1.165, 1.54) is 13.5 Å². The largest absolute Gasteiger partial charge is 0.545 e. The molecule has 1 unspecified atom stereocenters. The molecule has 0 amide bonds. The zero-order chi connectivity index (χ0) is 16.4. The van der Waals surface area contributed by atoms with Gasteiger partial charge in [0.1, 0.15) is 0 Å². The summed E-state index contributed by atoms with van der Waals surface area (Å²) in [7, 11) is 1.31. The summed E-state index contributed by atoms with van der Waals surface area (Å²) in [5, 5.41) is 10.9. The highest BCUT2D eigenvalue weighted by Crippen LogP contribution is 2.69. The highest BCUT2D eigenvalue weighted by Gasteiger charge is 2.61. The average molecular weight is 293 g/mol. The first-order chi connectivity index (χ1) is 9.61. The van der Waals surface area contributed by atoms with Gasteiger partial charge in [0.25, 0.3) is 0 Å². The molecule has 2 aliphatic carbocycles. The SMILES string of the molecule is C=C(C(=O)[O-])C1C[C@H]2CC[C@@]1(C)C2(C)C.C=CC(=O)OC. The summed E-state index contributed by atoms with van der Waals surface area (Å²) in [5.74, 6) is -0.681. The van der Waals surface area contributed by atoms with Crippen LogP contribution < -0.4 is 5.11 Å². The molecule has 4 heteroatoms. The van der Waals surface area contributed by atoms with Crippen molar-refractivity contribution >= 4 is 11.9 Å². The second-order valence-electron chi connectivity index (χ2n) is 6.70. The molecular weight excluding hydrogens is 268 g/mol. The Morgan fingerprint density at radius 2 is 1.90 bits per heavy atom. The Labute approximate surface area is 126 Å². The zero-order valence-corrected chi connectivity index (χ0v) is 13.4. The molecule has 0 saturated heterocycles. The normalized spacial score (nSPS) is 31.8. The van der Waals surface area contributed by atoms with Crippen molar-refractivity contribution in [1.29, 1.82) is 0 Å². The Bertz CT molecular complexity index is 463. The monoisotopic (exact) mass is 293 g/mol. The van der Waals surface area contributed by atoms with Gasteiger partial charge in [0.05, 0.1) is 13.1 Å². The molecular formula is C17H25O4-. The van der Waals surface area contributed by atoms with Gasteiger partial charge in [-0.25, -0.2) is 4.79 Å². The van der Waals surface area contributed by atoms with Crippen molar-refractivity contribution in [1.82, 2.24) is 0 Å². The lowest BCUT2D eigenvalue weighted by Crippen LogP contribution is -2.37. The van der Waals surface area contributed by atoms with Gasteiger partial charge in [-0.05, 0) is 47.5 Å². The Kier molecular flexibility index (Phi) is 5.03. The van der Waals surface area contributed by atoms with Gasteiger partial charge in [-0.3, -0.25) is 0 Å². The number of hydrogen-bond donors (Lipinski definition) is 0. The van der Waals surface area contributed by atoms with E-state index >= 15 is 0 Å². The summed E-state index contributed by atoms with van der Waals surface area (Å²) in [6, 6.07) is 0. The number of hydrogen-bond acceptors (Lipinski definition) is 4. The first-order valence-corrected chi connectivity index (χ1v) is 7.22. The minimum atomic E-state index is -1.07. The maximum absolute atomic E-state index is 10.9. The van der Waals surface area contributed by atoms with E-state index in [1.807, 2.05) is 0 Å². The van der Waals surface area contributed by atoms with Crippen molar-refractivity contribution < 1.29 is 19.4 Å². The van der Waals surface area contributed by atoms with Gasteiger partial charge in [-0.15, -0.1) is 0 Å². The molecule has 0 aromatic carbocycles. The van der Waals surface area contributed by atoms with Crippen LogP contribution in [-0.2, 0) is 14.3 Å². The molecule has 0 heterocycles. The predicted molar refractivity (Wildman–Crippen MR) is 79.1 cm³/mol. The molecule has 2 aliphatic rings. The molecule has 2 saturated carbocycles. The molecule has 0 aromatic heterocycles. The molecule has 21 heavy (non-hydrogen) atoms. The van der Waals surface area contributed by atoms with Crippen molar-refractivity contribution in [2.45, 2.75) is 40.0 Å². The molecule has 0 spiro atoms. The van der Waals surface area contributed by atoms with Crippen LogP contribution >= 0.6 is 0 Å². The number of carboxylic acids is 1. The predicted octanol–water partition coefficient (Wildman–Crippen LogP) is 2.10. The van der Waals surface area contributed by atoms with Crippen molar-refractivity contribution in [3.63, 3.8) is 0 Å². The minimum absolute atomic E-state index is 0.106. The zero-order valence-electron chi connectivity index (χ0n) is 13.4. The minimum Gasteiger partial charge on any atom is -0.545 e. The van der Waals surface area contributed by atoms with Gasteiger partial charge in [-0.2, -0.15) is 0 Å². The van der Waals surface area contributed by atoms with Gasteiger partial charge >= 0.3 is 5.97 Å². The van der Waals surface area contributed by atoms with Crippen molar-refractivity contribution in [2.24, 2.45) is 22.7 Å². The second-order valence-corrected chi connectivity index (χ2v) is 6.70. The molecule has 2 bridgehead atoms. The second kappa shape index (κ2) is 6.04. The maximum atomic E-state index is 10.9. The summed E-state index contributed by atoms with van der Waals surface area (Å²) < 4.78 is 4.14. The fourth-order valence-corrected chi connectivity index (χ4v) is 3.96. The van der Waals surface area contributed by atoms with Crippen LogP contribution in [0, 0.1) is 22.7 Å². The summed E-state index contributed by atoms with van der Waals surface area (Å²) in [6.45, 7) is 13.6. The average Bonchev–Trinajstić information content (AvgIpc) is 2.78. The van der Waals surface area contributed by atoms with Crippen LogP contribution in [0.3, 0.4) is 0 Å². The highest BCUT2D eigenvalue weighted by atomic mass is 16.5. The number of methoxy groups -OCH3 is 1. The third-order valence-corrected chi connectivity index (χ3v) is 5.84. The van der Waals surface area contributed by atoms with E-state index in [-0.39, 0.29) is 16.7 Å². The summed E-state index contributed by atoms with van der Waals surface area (Å²) >= 11 is 0. The van der Waals surface area contributed by atoms with Gasteiger partial charge in [0, 0.05) is 6.08 Å². The highest BCUT2D eigenvalue weighted by molar-refractivity contribution is 5.84. The number of carbonyl (C=O) groups is 2. The Morgan fingerprint density at radius 1 is 1.33 bits per heavy atom. The molecule has 2 fully saturated rings.